The van der Waals surface area contributed by atoms with Gasteiger partial charge in [0, 0.05) is 13.1 Å². The van der Waals surface area contributed by atoms with Gasteiger partial charge in [-0.1, -0.05) is 36.0 Å². The SMILES string of the molecule is CCn1c(SCC(=O)NCCc2ccccc2F)nnc1-c1cccs1. The molecule has 3 rings (SSSR count). The number of hydrogen-bond donors (Lipinski definition) is 1. The van der Waals surface area contributed by atoms with Gasteiger partial charge < -0.3 is 9.88 Å². The molecule has 0 atom stereocenters. The molecule has 2 aromatic heterocycles. The second-order valence-electron chi connectivity index (χ2n) is 5.51. The van der Waals surface area contributed by atoms with Gasteiger partial charge in [-0.15, -0.1) is 21.5 Å². The van der Waals surface area contributed by atoms with Crippen molar-refractivity contribution in [3.8, 4) is 10.7 Å². The quantitative estimate of drug-likeness (QED) is 0.597. The van der Waals surface area contributed by atoms with E-state index in [2.05, 4.69) is 15.5 Å². The number of nitrogens with zero attached hydrogens (tertiary/aromatic N) is 3. The molecule has 0 spiro atoms. The van der Waals surface area contributed by atoms with Crippen molar-refractivity contribution in [1.82, 2.24) is 20.1 Å². The molecule has 1 aromatic carbocycles. The zero-order valence-corrected chi connectivity index (χ0v) is 15.9. The predicted molar refractivity (Wildman–Crippen MR) is 103 cm³/mol. The number of hydrogen-bond acceptors (Lipinski definition) is 5. The second-order valence-corrected chi connectivity index (χ2v) is 7.40. The molecular weight excluding hydrogens is 371 g/mol. The fourth-order valence-electron chi connectivity index (χ4n) is 2.49. The van der Waals surface area contributed by atoms with Crippen LogP contribution in [0.1, 0.15) is 12.5 Å². The van der Waals surface area contributed by atoms with Gasteiger partial charge in [0.1, 0.15) is 5.82 Å². The van der Waals surface area contributed by atoms with E-state index in [0.717, 1.165) is 22.4 Å². The molecule has 136 valence electrons. The average Bonchev–Trinajstić information content (AvgIpc) is 3.30. The van der Waals surface area contributed by atoms with Crippen LogP contribution in [0.3, 0.4) is 0 Å². The smallest absolute Gasteiger partial charge is 0.230 e. The van der Waals surface area contributed by atoms with Crippen LogP contribution >= 0.6 is 23.1 Å². The minimum Gasteiger partial charge on any atom is -0.355 e. The maximum atomic E-state index is 13.6. The van der Waals surface area contributed by atoms with E-state index in [1.807, 2.05) is 29.0 Å². The van der Waals surface area contributed by atoms with Gasteiger partial charge in [0.05, 0.1) is 10.6 Å². The Morgan fingerprint density at radius 2 is 2.12 bits per heavy atom. The first-order valence-corrected chi connectivity index (χ1v) is 10.2. The van der Waals surface area contributed by atoms with E-state index in [0.29, 0.717) is 18.5 Å². The molecule has 0 aliphatic carbocycles. The number of thiophene rings is 1. The molecule has 1 amide bonds. The van der Waals surface area contributed by atoms with Crippen molar-refractivity contribution in [3.05, 3.63) is 53.2 Å². The van der Waals surface area contributed by atoms with Crippen LogP contribution < -0.4 is 5.32 Å². The number of carbonyl (C=O) groups is 1. The fraction of sp³-hybridized carbons (Fsp3) is 0.278. The van der Waals surface area contributed by atoms with E-state index in [-0.39, 0.29) is 17.5 Å². The third-order valence-corrected chi connectivity index (χ3v) is 5.61. The van der Waals surface area contributed by atoms with Crippen LogP contribution in [-0.2, 0) is 17.8 Å². The van der Waals surface area contributed by atoms with E-state index in [1.165, 1.54) is 17.8 Å². The summed E-state index contributed by atoms with van der Waals surface area (Å²) in [4.78, 5) is 13.1. The molecule has 1 N–H and O–H groups in total. The Labute approximate surface area is 159 Å². The van der Waals surface area contributed by atoms with Crippen LogP contribution in [0.15, 0.2) is 46.9 Å². The highest BCUT2D eigenvalue weighted by atomic mass is 32.2. The van der Waals surface area contributed by atoms with Crippen molar-refractivity contribution in [2.45, 2.75) is 25.0 Å². The molecule has 0 saturated carbocycles. The van der Waals surface area contributed by atoms with Gasteiger partial charge in [0.2, 0.25) is 5.91 Å². The van der Waals surface area contributed by atoms with E-state index in [1.54, 1.807) is 29.5 Å². The van der Waals surface area contributed by atoms with Gasteiger partial charge in [-0.25, -0.2) is 4.39 Å². The highest BCUT2D eigenvalue weighted by Gasteiger charge is 2.15. The lowest BCUT2D eigenvalue weighted by Crippen LogP contribution is -2.27. The summed E-state index contributed by atoms with van der Waals surface area (Å²) in [6.45, 7) is 3.16. The molecule has 8 heteroatoms. The fourth-order valence-corrected chi connectivity index (χ4v) is 4.04. The maximum absolute atomic E-state index is 13.6. The number of benzene rings is 1. The Bertz CT molecular complexity index is 864. The summed E-state index contributed by atoms with van der Waals surface area (Å²) in [7, 11) is 0. The lowest BCUT2D eigenvalue weighted by atomic mass is 10.1. The standard InChI is InChI=1S/C18H19FN4OS2/c1-2-23-17(15-8-5-11-25-15)21-22-18(23)26-12-16(24)20-10-9-13-6-3-4-7-14(13)19/h3-8,11H,2,9-10,12H2,1H3,(H,20,24). The van der Waals surface area contributed by atoms with Crippen molar-refractivity contribution in [2.75, 3.05) is 12.3 Å². The molecule has 0 aliphatic heterocycles. The third-order valence-electron chi connectivity index (χ3n) is 3.78. The summed E-state index contributed by atoms with van der Waals surface area (Å²) in [5.74, 6) is 0.729. The lowest BCUT2D eigenvalue weighted by Gasteiger charge is -2.07. The largest absolute Gasteiger partial charge is 0.355 e. The Hall–Kier alpha value is -2.19. The number of rotatable bonds is 8. The van der Waals surface area contributed by atoms with Gasteiger partial charge in [-0.2, -0.15) is 0 Å². The van der Waals surface area contributed by atoms with Gasteiger partial charge in [-0.05, 0) is 36.4 Å². The Kier molecular flexibility index (Phi) is 6.40. The van der Waals surface area contributed by atoms with Crippen LogP contribution in [-0.4, -0.2) is 33.0 Å². The van der Waals surface area contributed by atoms with Crippen LogP contribution in [0, 0.1) is 5.82 Å². The highest BCUT2D eigenvalue weighted by molar-refractivity contribution is 7.99. The summed E-state index contributed by atoms with van der Waals surface area (Å²) >= 11 is 2.97. The van der Waals surface area contributed by atoms with Crippen molar-refractivity contribution in [2.24, 2.45) is 0 Å². The Morgan fingerprint density at radius 3 is 2.85 bits per heavy atom. The van der Waals surface area contributed by atoms with Crippen LogP contribution in [0.4, 0.5) is 4.39 Å². The number of thioether (sulfide) groups is 1. The third kappa shape index (κ3) is 4.50. The zero-order valence-electron chi connectivity index (χ0n) is 14.3. The lowest BCUT2D eigenvalue weighted by molar-refractivity contribution is -0.118. The summed E-state index contributed by atoms with van der Waals surface area (Å²) in [6, 6.07) is 10.6. The van der Waals surface area contributed by atoms with Gasteiger partial charge >= 0.3 is 0 Å². The Balaban J connectivity index is 1.51. The van der Waals surface area contributed by atoms with Crippen LogP contribution in [0.25, 0.3) is 10.7 Å². The van der Waals surface area contributed by atoms with Crippen molar-refractivity contribution in [1.29, 1.82) is 0 Å². The van der Waals surface area contributed by atoms with E-state index >= 15 is 0 Å². The minimum atomic E-state index is -0.242. The predicted octanol–water partition coefficient (Wildman–Crippen LogP) is 3.62. The number of aromatic nitrogens is 3. The van der Waals surface area contributed by atoms with E-state index in [4.69, 9.17) is 0 Å². The number of halogens is 1. The average molecular weight is 391 g/mol. The number of nitrogens with one attached hydrogen (secondary N) is 1. The van der Waals surface area contributed by atoms with E-state index in [9.17, 15) is 9.18 Å². The molecule has 2 heterocycles. The first-order chi connectivity index (χ1) is 12.7. The first kappa shape index (κ1) is 18.6. The molecule has 0 saturated heterocycles. The molecule has 26 heavy (non-hydrogen) atoms. The molecule has 3 aromatic rings. The summed E-state index contributed by atoms with van der Waals surface area (Å²) in [5.41, 5.74) is 0.603. The summed E-state index contributed by atoms with van der Waals surface area (Å²) in [5, 5.41) is 14.0. The topological polar surface area (TPSA) is 59.8 Å². The van der Waals surface area contributed by atoms with Crippen LogP contribution in [0.5, 0.6) is 0 Å². The second kappa shape index (κ2) is 8.95. The van der Waals surface area contributed by atoms with Gasteiger partial charge in [0.25, 0.3) is 0 Å². The van der Waals surface area contributed by atoms with Gasteiger partial charge in [0.15, 0.2) is 11.0 Å². The molecule has 0 unspecified atom stereocenters. The molecular formula is C18H19FN4OS2. The zero-order chi connectivity index (χ0) is 18.4. The first-order valence-electron chi connectivity index (χ1n) is 8.29. The normalized spacial score (nSPS) is 10.8. The van der Waals surface area contributed by atoms with Crippen molar-refractivity contribution < 1.29 is 9.18 Å². The number of carbonyl (C=O) groups excluding carboxylic acids is 1. The van der Waals surface area contributed by atoms with Gasteiger partial charge in [-0.3, -0.25) is 4.79 Å². The Morgan fingerprint density at radius 1 is 1.27 bits per heavy atom. The number of amides is 1. The maximum Gasteiger partial charge on any atom is 0.230 e. The van der Waals surface area contributed by atoms with Crippen molar-refractivity contribution >= 4 is 29.0 Å². The molecule has 0 aliphatic rings. The monoisotopic (exact) mass is 390 g/mol. The van der Waals surface area contributed by atoms with Crippen molar-refractivity contribution in [3.63, 3.8) is 0 Å². The minimum absolute atomic E-state index is 0.102. The molecule has 0 bridgehead atoms. The molecule has 0 fully saturated rings. The summed E-state index contributed by atoms with van der Waals surface area (Å²) in [6.07, 6.45) is 0.469. The van der Waals surface area contributed by atoms with Crippen LogP contribution in [0.2, 0.25) is 0 Å². The summed E-state index contributed by atoms with van der Waals surface area (Å²) < 4.78 is 15.6. The molecule has 5 nitrogen and oxygen atoms in total. The highest BCUT2D eigenvalue weighted by Crippen LogP contribution is 2.26. The molecule has 0 radical (unpaired) electrons. The van der Waals surface area contributed by atoms with E-state index < -0.39 is 0 Å².